The molecule has 0 atom stereocenters. The van der Waals surface area contributed by atoms with Gasteiger partial charge in [-0.15, -0.1) is 0 Å². The largest absolute Gasteiger partial charge is 0.358 e. The molecule has 1 rings (SSSR count). The van der Waals surface area contributed by atoms with Gasteiger partial charge in [0.25, 0.3) is 5.91 Å². The molecule has 4 nitrogen and oxygen atoms in total. The van der Waals surface area contributed by atoms with Crippen molar-refractivity contribution in [2.24, 2.45) is 0 Å². The highest BCUT2D eigenvalue weighted by molar-refractivity contribution is 14.1. The first kappa shape index (κ1) is 12.0. The highest BCUT2D eigenvalue weighted by atomic mass is 127. The minimum atomic E-state index is -0.233. The van der Waals surface area contributed by atoms with E-state index in [2.05, 4.69) is 33.2 Å². The molecule has 0 fully saturated rings. The van der Waals surface area contributed by atoms with E-state index in [1.54, 1.807) is 12.1 Å². The number of amides is 2. The predicted molar refractivity (Wildman–Crippen MR) is 65.6 cm³/mol. The fourth-order valence-electron chi connectivity index (χ4n) is 0.990. The first-order valence-electron chi connectivity index (χ1n) is 4.38. The number of hydrogen-bond donors (Lipinski definition) is 2. The Morgan fingerprint density at radius 2 is 2.00 bits per heavy atom. The SMILES string of the molecule is CNC(=O)CNC(=O)c1ccccc1I. The Morgan fingerprint density at radius 1 is 1.33 bits per heavy atom. The lowest BCUT2D eigenvalue weighted by atomic mass is 10.2. The van der Waals surface area contributed by atoms with Crippen molar-refractivity contribution in [3.8, 4) is 0 Å². The fourth-order valence-corrected chi connectivity index (χ4v) is 1.62. The summed E-state index contributed by atoms with van der Waals surface area (Å²) in [6, 6.07) is 7.21. The van der Waals surface area contributed by atoms with Gasteiger partial charge in [0.05, 0.1) is 12.1 Å². The van der Waals surface area contributed by atoms with E-state index in [0.717, 1.165) is 3.57 Å². The van der Waals surface area contributed by atoms with Gasteiger partial charge in [-0.25, -0.2) is 0 Å². The van der Waals surface area contributed by atoms with Gasteiger partial charge in [-0.2, -0.15) is 0 Å². The second kappa shape index (κ2) is 5.69. The standard InChI is InChI=1S/C10H11IN2O2/c1-12-9(14)6-13-10(15)7-4-2-3-5-8(7)11/h2-5H,6H2,1H3,(H,12,14)(H,13,15). The number of benzene rings is 1. The topological polar surface area (TPSA) is 58.2 Å². The first-order valence-corrected chi connectivity index (χ1v) is 5.46. The van der Waals surface area contributed by atoms with Crippen LogP contribution in [0.15, 0.2) is 24.3 Å². The van der Waals surface area contributed by atoms with E-state index in [0.29, 0.717) is 5.56 Å². The van der Waals surface area contributed by atoms with Crippen molar-refractivity contribution in [3.05, 3.63) is 33.4 Å². The van der Waals surface area contributed by atoms with Crippen molar-refractivity contribution < 1.29 is 9.59 Å². The van der Waals surface area contributed by atoms with Gasteiger partial charge in [0.2, 0.25) is 5.91 Å². The number of hydrogen-bond acceptors (Lipinski definition) is 2. The van der Waals surface area contributed by atoms with E-state index in [9.17, 15) is 9.59 Å². The fraction of sp³-hybridized carbons (Fsp3) is 0.200. The van der Waals surface area contributed by atoms with Crippen LogP contribution in [-0.2, 0) is 4.79 Å². The van der Waals surface area contributed by atoms with Gasteiger partial charge in [-0.1, -0.05) is 12.1 Å². The number of carbonyl (C=O) groups is 2. The number of nitrogens with one attached hydrogen (secondary N) is 2. The van der Waals surface area contributed by atoms with Crippen molar-refractivity contribution in [2.45, 2.75) is 0 Å². The van der Waals surface area contributed by atoms with Crippen molar-refractivity contribution in [1.82, 2.24) is 10.6 Å². The zero-order valence-corrected chi connectivity index (χ0v) is 10.4. The molecule has 0 heterocycles. The zero-order chi connectivity index (χ0) is 11.3. The van der Waals surface area contributed by atoms with Crippen LogP contribution in [0.3, 0.4) is 0 Å². The summed E-state index contributed by atoms with van der Waals surface area (Å²) < 4.78 is 0.865. The quantitative estimate of drug-likeness (QED) is 0.809. The average Bonchev–Trinajstić information content (AvgIpc) is 2.26. The van der Waals surface area contributed by atoms with Crippen LogP contribution in [0.4, 0.5) is 0 Å². The summed E-state index contributed by atoms with van der Waals surface area (Å²) >= 11 is 2.08. The van der Waals surface area contributed by atoms with Crippen molar-refractivity contribution in [3.63, 3.8) is 0 Å². The molecule has 1 aromatic rings. The molecule has 0 bridgehead atoms. The first-order chi connectivity index (χ1) is 7.15. The average molecular weight is 318 g/mol. The Balaban J connectivity index is 2.62. The van der Waals surface area contributed by atoms with E-state index in [-0.39, 0.29) is 18.4 Å². The molecule has 0 aliphatic rings. The number of halogens is 1. The molecule has 0 saturated heterocycles. The van der Waals surface area contributed by atoms with E-state index in [4.69, 9.17) is 0 Å². The third-order valence-corrected chi connectivity index (χ3v) is 2.75. The van der Waals surface area contributed by atoms with Crippen LogP contribution in [0.2, 0.25) is 0 Å². The van der Waals surface area contributed by atoms with Gasteiger partial charge in [0.15, 0.2) is 0 Å². The molecule has 0 spiro atoms. The summed E-state index contributed by atoms with van der Waals surface area (Å²) in [5.74, 6) is -0.446. The maximum absolute atomic E-state index is 11.6. The second-order valence-electron chi connectivity index (χ2n) is 2.84. The summed E-state index contributed by atoms with van der Waals surface area (Å²) in [6.45, 7) is 0.000305. The molecule has 0 unspecified atom stereocenters. The highest BCUT2D eigenvalue weighted by Gasteiger charge is 2.09. The third kappa shape index (κ3) is 3.50. The lowest BCUT2D eigenvalue weighted by Gasteiger charge is -2.05. The summed E-state index contributed by atoms with van der Waals surface area (Å²) in [5, 5.41) is 4.97. The zero-order valence-electron chi connectivity index (χ0n) is 8.21. The molecular weight excluding hydrogens is 307 g/mol. The third-order valence-electron chi connectivity index (χ3n) is 1.81. The predicted octanol–water partition coefficient (Wildman–Crippen LogP) is 0.767. The Labute approximate surface area is 102 Å². The Kier molecular flexibility index (Phi) is 4.54. The summed E-state index contributed by atoms with van der Waals surface area (Å²) in [5.41, 5.74) is 0.585. The van der Waals surface area contributed by atoms with E-state index in [1.807, 2.05) is 12.1 Å². The van der Waals surface area contributed by atoms with Crippen molar-refractivity contribution in [1.29, 1.82) is 0 Å². The van der Waals surface area contributed by atoms with Crippen LogP contribution in [-0.4, -0.2) is 25.4 Å². The summed E-state index contributed by atoms with van der Waals surface area (Å²) in [7, 11) is 1.53. The molecule has 15 heavy (non-hydrogen) atoms. The minimum Gasteiger partial charge on any atom is -0.358 e. The maximum Gasteiger partial charge on any atom is 0.252 e. The molecule has 2 amide bonds. The Bertz CT molecular complexity index is 379. The lowest BCUT2D eigenvalue weighted by molar-refractivity contribution is -0.119. The van der Waals surface area contributed by atoms with Crippen molar-refractivity contribution in [2.75, 3.05) is 13.6 Å². The molecule has 0 radical (unpaired) electrons. The van der Waals surface area contributed by atoms with Crippen LogP contribution < -0.4 is 10.6 Å². The number of likely N-dealkylation sites (N-methyl/N-ethyl adjacent to an activating group) is 1. The molecule has 0 aromatic heterocycles. The summed E-state index contributed by atoms with van der Waals surface area (Å²) in [6.07, 6.45) is 0. The van der Waals surface area contributed by atoms with Crippen LogP contribution in [0.25, 0.3) is 0 Å². The molecule has 0 aliphatic carbocycles. The van der Waals surface area contributed by atoms with Gasteiger partial charge < -0.3 is 10.6 Å². The van der Waals surface area contributed by atoms with Gasteiger partial charge in [0.1, 0.15) is 0 Å². The molecular formula is C10H11IN2O2. The van der Waals surface area contributed by atoms with Crippen molar-refractivity contribution >= 4 is 34.4 Å². The highest BCUT2D eigenvalue weighted by Crippen LogP contribution is 2.10. The Hall–Kier alpha value is -1.11. The molecule has 2 N–H and O–H groups in total. The monoisotopic (exact) mass is 318 g/mol. The summed E-state index contributed by atoms with van der Waals surface area (Å²) in [4.78, 5) is 22.5. The van der Waals surface area contributed by atoms with Crippen LogP contribution in [0.5, 0.6) is 0 Å². The molecule has 0 aliphatic heterocycles. The molecule has 0 saturated carbocycles. The maximum atomic E-state index is 11.6. The van der Waals surface area contributed by atoms with Crippen LogP contribution in [0.1, 0.15) is 10.4 Å². The van der Waals surface area contributed by atoms with E-state index >= 15 is 0 Å². The lowest BCUT2D eigenvalue weighted by Crippen LogP contribution is -2.35. The smallest absolute Gasteiger partial charge is 0.252 e. The Morgan fingerprint density at radius 3 is 2.60 bits per heavy atom. The minimum absolute atomic E-state index is 0.000305. The normalized spacial score (nSPS) is 9.47. The molecule has 80 valence electrons. The molecule has 5 heteroatoms. The van der Waals surface area contributed by atoms with Crippen LogP contribution >= 0.6 is 22.6 Å². The van der Waals surface area contributed by atoms with Gasteiger partial charge in [-0.3, -0.25) is 9.59 Å². The number of rotatable bonds is 3. The number of carbonyl (C=O) groups excluding carboxylic acids is 2. The van der Waals surface area contributed by atoms with Gasteiger partial charge in [-0.05, 0) is 34.7 Å². The van der Waals surface area contributed by atoms with Gasteiger partial charge in [0, 0.05) is 10.6 Å². The second-order valence-corrected chi connectivity index (χ2v) is 4.00. The molecule has 1 aromatic carbocycles. The van der Waals surface area contributed by atoms with E-state index < -0.39 is 0 Å². The van der Waals surface area contributed by atoms with Crippen LogP contribution in [0, 0.1) is 3.57 Å². The van der Waals surface area contributed by atoms with Gasteiger partial charge >= 0.3 is 0 Å². The van der Waals surface area contributed by atoms with E-state index in [1.165, 1.54) is 7.05 Å².